The van der Waals surface area contributed by atoms with Crippen LogP contribution < -0.4 is 11.1 Å². The quantitative estimate of drug-likeness (QED) is 0.769. The lowest BCUT2D eigenvalue weighted by Gasteiger charge is -2.24. The summed E-state index contributed by atoms with van der Waals surface area (Å²) in [5, 5.41) is 3.08. The molecular formula is C18H30N2O. The number of rotatable bonds is 8. The second kappa shape index (κ2) is 8.18. The number of nitrogens with two attached hydrogens (primary N) is 1. The number of nitrogens with one attached hydrogen (secondary N) is 1. The lowest BCUT2D eigenvalue weighted by atomic mass is 9.84. The standard InChI is InChI=1S/C18H30N2O/c1-5-15-6-8-16(9-7-15)14(2)20-17(21)10-11-18(3,4)12-13-19/h6-9,14H,5,10-13,19H2,1-4H3,(H,20,21). The molecule has 1 aromatic carbocycles. The molecule has 0 saturated carbocycles. The van der Waals surface area contributed by atoms with Gasteiger partial charge in [0.05, 0.1) is 6.04 Å². The van der Waals surface area contributed by atoms with Crippen molar-refractivity contribution in [1.82, 2.24) is 5.32 Å². The van der Waals surface area contributed by atoms with E-state index in [2.05, 4.69) is 50.4 Å². The van der Waals surface area contributed by atoms with E-state index in [1.165, 1.54) is 5.56 Å². The highest BCUT2D eigenvalue weighted by molar-refractivity contribution is 5.76. The van der Waals surface area contributed by atoms with Crippen molar-refractivity contribution in [2.75, 3.05) is 6.54 Å². The molecule has 0 aliphatic rings. The summed E-state index contributed by atoms with van der Waals surface area (Å²) in [5.41, 5.74) is 8.21. The molecule has 1 amide bonds. The smallest absolute Gasteiger partial charge is 0.220 e. The third kappa shape index (κ3) is 6.30. The van der Waals surface area contributed by atoms with Crippen molar-refractivity contribution in [2.24, 2.45) is 11.1 Å². The summed E-state index contributed by atoms with van der Waals surface area (Å²) >= 11 is 0. The van der Waals surface area contributed by atoms with Gasteiger partial charge in [-0.25, -0.2) is 0 Å². The van der Waals surface area contributed by atoms with E-state index < -0.39 is 0 Å². The molecule has 0 aliphatic heterocycles. The van der Waals surface area contributed by atoms with Crippen LogP contribution in [0.25, 0.3) is 0 Å². The molecule has 0 bridgehead atoms. The number of carbonyl (C=O) groups excluding carboxylic acids is 1. The van der Waals surface area contributed by atoms with Crippen molar-refractivity contribution in [3.8, 4) is 0 Å². The van der Waals surface area contributed by atoms with E-state index >= 15 is 0 Å². The molecule has 1 atom stereocenters. The molecule has 0 spiro atoms. The molecule has 21 heavy (non-hydrogen) atoms. The van der Waals surface area contributed by atoms with Gasteiger partial charge < -0.3 is 11.1 Å². The van der Waals surface area contributed by atoms with Crippen LogP contribution in [0.5, 0.6) is 0 Å². The van der Waals surface area contributed by atoms with E-state index in [1.54, 1.807) is 0 Å². The summed E-state index contributed by atoms with van der Waals surface area (Å²) in [6.07, 6.45) is 3.42. The highest BCUT2D eigenvalue weighted by Crippen LogP contribution is 2.26. The van der Waals surface area contributed by atoms with Gasteiger partial charge in [-0.1, -0.05) is 45.0 Å². The van der Waals surface area contributed by atoms with Crippen molar-refractivity contribution < 1.29 is 4.79 Å². The Bertz CT molecular complexity index is 437. The topological polar surface area (TPSA) is 55.1 Å². The van der Waals surface area contributed by atoms with Crippen LogP contribution in [0.2, 0.25) is 0 Å². The van der Waals surface area contributed by atoms with Crippen LogP contribution in [-0.2, 0) is 11.2 Å². The van der Waals surface area contributed by atoms with E-state index in [0.717, 1.165) is 24.8 Å². The van der Waals surface area contributed by atoms with Gasteiger partial charge >= 0.3 is 0 Å². The Morgan fingerprint density at radius 1 is 1.24 bits per heavy atom. The van der Waals surface area contributed by atoms with Gasteiger partial charge in [-0.3, -0.25) is 4.79 Å². The minimum atomic E-state index is 0.0565. The van der Waals surface area contributed by atoms with Crippen molar-refractivity contribution in [3.63, 3.8) is 0 Å². The van der Waals surface area contributed by atoms with E-state index in [9.17, 15) is 4.79 Å². The predicted octanol–water partition coefficient (Wildman–Crippen LogP) is 3.58. The molecule has 0 saturated heterocycles. The van der Waals surface area contributed by atoms with E-state index in [-0.39, 0.29) is 17.4 Å². The van der Waals surface area contributed by atoms with Crippen molar-refractivity contribution in [2.45, 2.75) is 59.4 Å². The van der Waals surface area contributed by atoms with Gasteiger partial charge in [-0.05, 0) is 49.3 Å². The molecule has 3 heteroatoms. The normalized spacial score (nSPS) is 13.0. The molecule has 0 heterocycles. The van der Waals surface area contributed by atoms with E-state index in [0.29, 0.717) is 13.0 Å². The highest BCUT2D eigenvalue weighted by atomic mass is 16.1. The molecule has 118 valence electrons. The number of benzene rings is 1. The Labute approximate surface area is 129 Å². The SMILES string of the molecule is CCc1ccc(C(C)NC(=O)CCC(C)(C)CCN)cc1. The summed E-state index contributed by atoms with van der Waals surface area (Å²) in [4.78, 5) is 12.1. The van der Waals surface area contributed by atoms with Gasteiger partial charge in [0, 0.05) is 6.42 Å². The van der Waals surface area contributed by atoms with E-state index in [4.69, 9.17) is 5.73 Å². The van der Waals surface area contributed by atoms with Crippen LogP contribution >= 0.6 is 0 Å². The summed E-state index contributed by atoms with van der Waals surface area (Å²) in [6.45, 7) is 9.18. The Morgan fingerprint density at radius 2 is 1.86 bits per heavy atom. The second-order valence-electron chi connectivity index (χ2n) is 6.59. The maximum Gasteiger partial charge on any atom is 0.220 e. The summed E-state index contributed by atoms with van der Waals surface area (Å²) in [6, 6.07) is 8.51. The molecule has 1 aromatic rings. The van der Waals surface area contributed by atoms with Crippen LogP contribution in [0.1, 0.15) is 64.1 Å². The molecule has 0 aliphatic carbocycles. The first kappa shape index (κ1) is 17.7. The maximum absolute atomic E-state index is 12.1. The fourth-order valence-electron chi connectivity index (χ4n) is 2.41. The minimum absolute atomic E-state index is 0.0565. The summed E-state index contributed by atoms with van der Waals surface area (Å²) in [5.74, 6) is 0.118. The molecule has 0 fully saturated rings. The fraction of sp³-hybridized carbons (Fsp3) is 0.611. The van der Waals surface area contributed by atoms with Crippen molar-refractivity contribution in [3.05, 3.63) is 35.4 Å². The number of amides is 1. The number of hydrogen-bond acceptors (Lipinski definition) is 2. The molecule has 3 nitrogen and oxygen atoms in total. The molecule has 3 N–H and O–H groups in total. The van der Waals surface area contributed by atoms with Gasteiger partial charge in [0.2, 0.25) is 5.91 Å². The molecular weight excluding hydrogens is 260 g/mol. The van der Waals surface area contributed by atoms with Crippen LogP contribution in [0.15, 0.2) is 24.3 Å². The van der Waals surface area contributed by atoms with Gasteiger partial charge in [0.15, 0.2) is 0 Å². The van der Waals surface area contributed by atoms with Crippen LogP contribution in [0, 0.1) is 5.41 Å². The van der Waals surface area contributed by atoms with Crippen LogP contribution in [-0.4, -0.2) is 12.5 Å². The Hall–Kier alpha value is -1.35. The lowest BCUT2D eigenvalue weighted by Crippen LogP contribution is -2.28. The predicted molar refractivity (Wildman–Crippen MR) is 89.1 cm³/mol. The third-order valence-corrected chi connectivity index (χ3v) is 4.12. The van der Waals surface area contributed by atoms with Gasteiger partial charge in [-0.15, -0.1) is 0 Å². The minimum Gasteiger partial charge on any atom is -0.350 e. The number of carbonyl (C=O) groups is 1. The van der Waals surface area contributed by atoms with Crippen molar-refractivity contribution >= 4 is 5.91 Å². The first-order chi connectivity index (χ1) is 9.88. The summed E-state index contributed by atoms with van der Waals surface area (Å²) in [7, 11) is 0. The molecule has 0 radical (unpaired) electrons. The fourth-order valence-corrected chi connectivity index (χ4v) is 2.41. The maximum atomic E-state index is 12.1. The molecule has 1 rings (SSSR count). The Morgan fingerprint density at radius 3 is 2.38 bits per heavy atom. The zero-order valence-electron chi connectivity index (χ0n) is 13.9. The first-order valence-electron chi connectivity index (χ1n) is 7.96. The first-order valence-corrected chi connectivity index (χ1v) is 7.96. The van der Waals surface area contributed by atoms with Gasteiger partial charge in [0.25, 0.3) is 0 Å². The monoisotopic (exact) mass is 290 g/mol. The third-order valence-electron chi connectivity index (χ3n) is 4.12. The summed E-state index contributed by atoms with van der Waals surface area (Å²) < 4.78 is 0. The van der Waals surface area contributed by atoms with Crippen LogP contribution in [0.4, 0.5) is 0 Å². The zero-order valence-corrected chi connectivity index (χ0v) is 13.9. The van der Waals surface area contributed by atoms with Gasteiger partial charge in [0.1, 0.15) is 0 Å². The lowest BCUT2D eigenvalue weighted by molar-refractivity contribution is -0.122. The average molecular weight is 290 g/mol. The Kier molecular flexibility index (Phi) is 6.90. The average Bonchev–Trinajstić information content (AvgIpc) is 2.45. The van der Waals surface area contributed by atoms with Gasteiger partial charge in [-0.2, -0.15) is 0 Å². The van der Waals surface area contributed by atoms with Crippen molar-refractivity contribution in [1.29, 1.82) is 0 Å². The number of hydrogen-bond donors (Lipinski definition) is 2. The number of aryl methyl sites for hydroxylation is 1. The van der Waals surface area contributed by atoms with E-state index in [1.807, 2.05) is 6.92 Å². The molecule has 1 unspecified atom stereocenters. The highest BCUT2D eigenvalue weighted by Gasteiger charge is 2.19. The zero-order chi connectivity index (χ0) is 15.9. The second-order valence-corrected chi connectivity index (χ2v) is 6.59. The molecule has 0 aromatic heterocycles. The van der Waals surface area contributed by atoms with Crippen LogP contribution in [0.3, 0.4) is 0 Å². The Balaban J connectivity index is 2.46. The largest absolute Gasteiger partial charge is 0.350 e.